The second-order valence-corrected chi connectivity index (χ2v) is 10.4. The lowest BCUT2D eigenvalue weighted by Gasteiger charge is -2.23. The molecule has 14 heteroatoms. The van der Waals surface area contributed by atoms with Crippen LogP contribution >= 0.6 is 0 Å². The van der Waals surface area contributed by atoms with Gasteiger partial charge in [-0.15, -0.1) is 0 Å². The Morgan fingerprint density at radius 1 is 0.735 bits per heavy atom. The zero-order valence-corrected chi connectivity index (χ0v) is 21.7. The number of ether oxygens (including phenoxy) is 6. The van der Waals surface area contributed by atoms with Crippen molar-refractivity contribution in [3.63, 3.8) is 0 Å². The zero-order valence-electron chi connectivity index (χ0n) is 20.7. The SMILES string of the molecule is COCCOCCNC(=O)OCCN(CCC[Si](C)(O)O)CCOC(=O)NCCOCCOC. The molecule has 0 radical (unpaired) electrons. The van der Waals surface area contributed by atoms with Gasteiger partial charge in [-0.05, 0) is 25.6 Å². The molecule has 0 heterocycles. The van der Waals surface area contributed by atoms with Crippen LogP contribution in [-0.4, -0.2) is 135 Å². The van der Waals surface area contributed by atoms with Gasteiger partial charge in [0, 0.05) is 40.4 Å². The summed E-state index contributed by atoms with van der Waals surface area (Å²) in [5.41, 5.74) is 0. The van der Waals surface area contributed by atoms with Gasteiger partial charge in [0.05, 0.1) is 39.6 Å². The number of methoxy groups -OCH3 is 2. The predicted octanol–water partition coefficient (Wildman–Crippen LogP) is -0.486. The molecular weight excluding hydrogens is 470 g/mol. The minimum atomic E-state index is -3.13. The number of nitrogens with zero attached hydrogens (tertiary/aromatic N) is 1. The summed E-state index contributed by atoms with van der Waals surface area (Å²) in [4.78, 5) is 44.7. The average molecular weight is 514 g/mol. The smallest absolute Gasteiger partial charge is 0.407 e. The van der Waals surface area contributed by atoms with E-state index in [0.29, 0.717) is 84.8 Å². The minimum absolute atomic E-state index is 0.133. The van der Waals surface area contributed by atoms with Crippen molar-refractivity contribution < 1.29 is 47.6 Å². The van der Waals surface area contributed by atoms with Crippen molar-refractivity contribution in [2.45, 2.75) is 19.0 Å². The van der Waals surface area contributed by atoms with Crippen LogP contribution in [0.3, 0.4) is 0 Å². The van der Waals surface area contributed by atoms with Crippen LogP contribution in [0.15, 0.2) is 0 Å². The zero-order chi connectivity index (χ0) is 25.5. The number of hydrogen-bond donors (Lipinski definition) is 4. The monoisotopic (exact) mass is 513 g/mol. The molecule has 0 bridgehead atoms. The molecule has 0 saturated heterocycles. The molecule has 0 aliphatic heterocycles. The second-order valence-electron chi connectivity index (χ2n) is 7.50. The molecule has 34 heavy (non-hydrogen) atoms. The molecule has 0 aromatic rings. The maximum absolute atomic E-state index is 11.8. The molecule has 0 spiro atoms. The van der Waals surface area contributed by atoms with Gasteiger partial charge >= 0.3 is 20.7 Å². The standard InChI is InChI=1S/C20H43N3O10Si/c1-28-14-16-30-10-5-21-19(24)32-12-8-23(7-4-18-34(3,26)27)9-13-33-20(25)22-6-11-31-17-15-29-2/h26-27H,4-18H2,1-3H3,(H,21,24)(H,22,25). The molecule has 0 saturated carbocycles. The normalized spacial score (nSPS) is 11.5. The highest BCUT2D eigenvalue weighted by Gasteiger charge is 2.21. The molecule has 0 atom stereocenters. The molecule has 0 aromatic carbocycles. The Balaban J connectivity index is 4.13. The van der Waals surface area contributed by atoms with Crippen LogP contribution in [0, 0.1) is 0 Å². The van der Waals surface area contributed by atoms with Gasteiger partial charge in [0.15, 0.2) is 0 Å². The largest absolute Gasteiger partial charge is 0.448 e. The van der Waals surface area contributed by atoms with Gasteiger partial charge in [-0.1, -0.05) is 0 Å². The lowest BCUT2D eigenvalue weighted by Crippen LogP contribution is -2.37. The highest BCUT2D eigenvalue weighted by molar-refractivity contribution is 6.63. The van der Waals surface area contributed by atoms with Crippen LogP contribution < -0.4 is 10.6 Å². The number of carbonyl (C=O) groups is 2. The van der Waals surface area contributed by atoms with Crippen LogP contribution in [0.5, 0.6) is 0 Å². The Kier molecular flexibility index (Phi) is 21.0. The lowest BCUT2D eigenvalue weighted by atomic mass is 10.4. The van der Waals surface area contributed by atoms with E-state index in [1.807, 2.05) is 4.90 Å². The number of hydrogen-bond acceptors (Lipinski definition) is 11. The van der Waals surface area contributed by atoms with E-state index < -0.39 is 20.7 Å². The van der Waals surface area contributed by atoms with Gasteiger partial charge in [0.25, 0.3) is 0 Å². The highest BCUT2D eigenvalue weighted by Crippen LogP contribution is 2.06. The third-order valence-corrected chi connectivity index (χ3v) is 5.60. The minimum Gasteiger partial charge on any atom is -0.448 e. The number of nitrogens with one attached hydrogen (secondary N) is 2. The first-order valence-electron chi connectivity index (χ1n) is 11.4. The Bertz CT molecular complexity index is 477. The van der Waals surface area contributed by atoms with E-state index >= 15 is 0 Å². The molecule has 0 aliphatic carbocycles. The Morgan fingerprint density at radius 2 is 1.21 bits per heavy atom. The van der Waals surface area contributed by atoms with E-state index in [-0.39, 0.29) is 13.2 Å². The topological polar surface area (TPSA) is 157 Å². The van der Waals surface area contributed by atoms with E-state index in [9.17, 15) is 19.2 Å². The van der Waals surface area contributed by atoms with Crippen molar-refractivity contribution in [3.8, 4) is 0 Å². The lowest BCUT2D eigenvalue weighted by molar-refractivity contribution is 0.0687. The fourth-order valence-electron chi connectivity index (χ4n) is 2.55. The molecule has 0 aliphatic rings. The third-order valence-electron chi connectivity index (χ3n) is 4.30. The van der Waals surface area contributed by atoms with Crippen molar-refractivity contribution in [1.82, 2.24) is 15.5 Å². The fourth-order valence-corrected chi connectivity index (χ4v) is 3.38. The number of carbonyl (C=O) groups excluding carboxylic acids is 2. The Labute approximate surface area is 203 Å². The summed E-state index contributed by atoms with van der Waals surface area (Å²) in [6.07, 6.45) is -0.542. The van der Waals surface area contributed by atoms with Gasteiger partial charge in [-0.25, -0.2) is 9.59 Å². The molecule has 202 valence electrons. The maximum atomic E-state index is 11.8. The van der Waals surface area contributed by atoms with Gasteiger partial charge in [-0.2, -0.15) is 0 Å². The van der Waals surface area contributed by atoms with Crippen molar-refractivity contribution in [1.29, 1.82) is 0 Å². The van der Waals surface area contributed by atoms with Crippen molar-refractivity contribution in [2.75, 3.05) is 99.8 Å². The molecule has 0 unspecified atom stereocenters. The first-order valence-corrected chi connectivity index (χ1v) is 14.0. The summed E-state index contributed by atoms with van der Waals surface area (Å²) >= 11 is 0. The Hall–Kier alpha value is -1.52. The van der Waals surface area contributed by atoms with Crippen LogP contribution in [0.1, 0.15) is 6.42 Å². The van der Waals surface area contributed by atoms with Crippen molar-refractivity contribution in [2.24, 2.45) is 0 Å². The van der Waals surface area contributed by atoms with Crippen LogP contribution in [0.2, 0.25) is 12.6 Å². The van der Waals surface area contributed by atoms with Gasteiger partial charge in [0.1, 0.15) is 13.2 Å². The van der Waals surface area contributed by atoms with E-state index in [2.05, 4.69) is 10.6 Å². The first-order chi connectivity index (χ1) is 16.3. The van der Waals surface area contributed by atoms with Crippen LogP contribution in [0.4, 0.5) is 9.59 Å². The van der Waals surface area contributed by atoms with Crippen molar-refractivity contribution in [3.05, 3.63) is 0 Å². The van der Waals surface area contributed by atoms with Gasteiger partial charge in [0.2, 0.25) is 0 Å². The molecule has 0 rings (SSSR count). The molecule has 2 amide bonds. The van der Waals surface area contributed by atoms with E-state index in [0.717, 1.165) is 0 Å². The number of alkyl carbamates (subject to hydrolysis) is 2. The molecular formula is C20H43N3O10Si. The second kappa shape index (κ2) is 22.0. The summed E-state index contributed by atoms with van der Waals surface area (Å²) in [6.45, 7) is 6.32. The Morgan fingerprint density at radius 3 is 1.62 bits per heavy atom. The molecule has 13 nitrogen and oxygen atoms in total. The number of rotatable bonds is 22. The van der Waals surface area contributed by atoms with E-state index in [1.54, 1.807) is 14.2 Å². The summed E-state index contributed by atoms with van der Waals surface area (Å²) in [6, 6.07) is 0.318. The van der Waals surface area contributed by atoms with Gasteiger partial charge in [-0.3, -0.25) is 4.90 Å². The molecule has 0 aromatic heterocycles. The quantitative estimate of drug-likeness (QED) is 0.109. The summed E-state index contributed by atoms with van der Waals surface area (Å²) in [5, 5.41) is 5.18. The predicted molar refractivity (Wildman–Crippen MR) is 126 cm³/mol. The van der Waals surface area contributed by atoms with Crippen LogP contribution in [-0.2, 0) is 28.4 Å². The fraction of sp³-hybridized carbons (Fsp3) is 0.900. The maximum Gasteiger partial charge on any atom is 0.407 e. The first kappa shape index (κ1) is 32.5. The third kappa shape index (κ3) is 23.6. The average Bonchev–Trinajstić information content (AvgIpc) is 2.77. The summed E-state index contributed by atoms with van der Waals surface area (Å²) < 4.78 is 30.5. The highest BCUT2D eigenvalue weighted by atomic mass is 28.4. The molecule has 4 N–H and O–H groups in total. The van der Waals surface area contributed by atoms with E-state index in [4.69, 9.17) is 28.4 Å². The van der Waals surface area contributed by atoms with Crippen LogP contribution in [0.25, 0.3) is 0 Å². The summed E-state index contributed by atoms with van der Waals surface area (Å²) in [7, 11) is 0.0324. The van der Waals surface area contributed by atoms with Gasteiger partial charge < -0.3 is 48.6 Å². The number of amides is 2. The van der Waals surface area contributed by atoms with E-state index in [1.165, 1.54) is 6.55 Å². The van der Waals surface area contributed by atoms with Crippen molar-refractivity contribution >= 4 is 20.7 Å². The molecule has 0 fully saturated rings. The summed E-state index contributed by atoms with van der Waals surface area (Å²) in [5.74, 6) is 0.